The summed E-state index contributed by atoms with van der Waals surface area (Å²) in [6.07, 6.45) is 5.22. The first kappa shape index (κ1) is 27.2. The molecule has 1 atom stereocenters. The number of ether oxygens (including phenoxy) is 2. The first-order valence-corrected chi connectivity index (χ1v) is 13.7. The van der Waals surface area contributed by atoms with Gasteiger partial charge < -0.3 is 23.7 Å². The molecular formula is C29H35BrN2O5. The van der Waals surface area contributed by atoms with Crippen LogP contribution in [-0.4, -0.2) is 56.6 Å². The molecule has 1 unspecified atom stereocenters. The highest BCUT2D eigenvalue weighted by atomic mass is 79.9. The van der Waals surface area contributed by atoms with E-state index in [0.717, 1.165) is 35.8 Å². The van der Waals surface area contributed by atoms with Gasteiger partial charge in [0.2, 0.25) is 5.76 Å². The molecular weight excluding hydrogens is 536 g/mol. The number of nitrogens with zero attached hydrogens (tertiary/aromatic N) is 2. The molecule has 7 nitrogen and oxygen atoms in total. The van der Waals surface area contributed by atoms with Crippen molar-refractivity contribution in [2.75, 3.05) is 40.9 Å². The quantitative estimate of drug-likeness (QED) is 0.248. The molecule has 2 aromatic carbocycles. The van der Waals surface area contributed by atoms with Crippen LogP contribution in [0, 0.1) is 0 Å². The van der Waals surface area contributed by atoms with E-state index in [4.69, 9.17) is 13.9 Å². The third-order valence-corrected chi connectivity index (χ3v) is 7.18. The van der Waals surface area contributed by atoms with Crippen LogP contribution < -0.4 is 14.9 Å². The molecule has 1 amide bonds. The second-order valence-corrected chi connectivity index (χ2v) is 10.6. The van der Waals surface area contributed by atoms with Gasteiger partial charge in [0, 0.05) is 11.0 Å². The molecule has 3 aromatic rings. The maximum atomic E-state index is 13.8. The smallest absolute Gasteiger partial charge is 0.290 e. The third kappa shape index (κ3) is 5.85. The van der Waals surface area contributed by atoms with Gasteiger partial charge >= 0.3 is 0 Å². The third-order valence-electron chi connectivity index (χ3n) is 6.69. The predicted molar refractivity (Wildman–Crippen MR) is 149 cm³/mol. The maximum Gasteiger partial charge on any atom is 0.290 e. The molecule has 0 saturated carbocycles. The molecule has 198 valence electrons. The molecule has 1 aromatic heterocycles. The standard InChI is InChI=1S/C29H35BrN2O5/c1-5-6-7-8-16-36-23-12-10-19(17-24(23)35-4)26-25-27(33)21-18-20(30)11-13-22(21)37-28(25)29(34)32(26)15-9-14-31(2)3/h10-13,17-18,26H,5-9,14-16H2,1-4H3. The van der Waals surface area contributed by atoms with Crippen LogP contribution in [0.4, 0.5) is 0 Å². The fourth-order valence-electron chi connectivity index (χ4n) is 4.81. The van der Waals surface area contributed by atoms with Crippen molar-refractivity contribution < 1.29 is 18.7 Å². The molecule has 1 aliphatic rings. The number of amides is 1. The monoisotopic (exact) mass is 570 g/mol. The summed E-state index contributed by atoms with van der Waals surface area (Å²) in [7, 11) is 5.60. The first-order chi connectivity index (χ1) is 17.8. The minimum Gasteiger partial charge on any atom is -0.493 e. The van der Waals surface area contributed by atoms with E-state index in [2.05, 4.69) is 27.8 Å². The lowest BCUT2D eigenvalue weighted by atomic mass is 9.98. The molecule has 8 heteroatoms. The number of halogens is 1. The average Bonchev–Trinajstić information content (AvgIpc) is 3.16. The van der Waals surface area contributed by atoms with Gasteiger partial charge in [-0.3, -0.25) is 9.59 Å². The van der Waals surface area contributed by atoms with Crippen LogP contribution in [-0.2, 0) is 0 Å². The molecule has 0 N–H and O–H groups in total. The summed E-state index contributed by atoms with van der Waals surface area (Å²) in [4.78, 5) is 31.2. The lowest BCUT2D eigenvalue weighted by Gasteiger charge is -2.26. The normalized spacial score (nSPS) is 15.0. The summed E-state index contributed by atoms with van der Waals surface area (Å²) in [6, 6.07) is 10.3. The van der Waals surface area contributed by atoms with Gasteiger partial charge in [0.15, 0.2) is 16.9 Å². The van der Waals surface area contributed by atoms with E-state index in [0.29, 0.717) is 41.2 Å². The van der Waals surface area contributed by atoms with Crippen LogP contribution in [0.2, 0.25) is 0 Å². The number of carbonyl (C=O) groups is 1. The summed E-state index contributed by atoms with van der Waals surface area (Å²) in [5.74, 6) is 1.08. The van der Waals surface area contributed by atoms with Crippen molar-refractivity contribution in [2.45, 2.75) is 45.1 Å². The Labute approximate surface area is 226 Å². The highest BCUT2D eigenvalue weighted by molar-refractivity contribution is 9.10. The molecule has 4 rings (SSSR count). The maximum absolute atomic E-state index is 13.8. The Kier molecular flexibility index (Phi) is 8.92. The van der Waals surface area contributed by atoms with E-state index in [-0.39, 0.29) is 17.1 Å². The Balaban J connectivity index is 1.74. The zero-order chi connectivity index (χ0) is 26.5. The SMILES string of the molecule is CCCCCCOc1ccc(C2c3c(oc4ccc(Br)cc4c3=O)C(=O)N2CCCN(C)C)cc1OC. The largest absolute Gasteiger partial charge is 0.493 e. The number of carbonyl (C=O) groups excluding carboxylic acids is 1. The fourth-order valence-corrected chi connectivity index (χ4v) is 5.17. The highest BCUT2D eigenvalue weighted by Crippen LogP contribution is 2.41. The van der Waals surface area contributed by atoms with Gasteiger partial charge in [0.1, 0.15) is 5.58 Å². The topological polar surface area (TPSA) is 72.2 Å². The molecule has 0 radical (unpaired) electrons. The van der Waals surface area contributed by atoms with Crippen LogP contribution >= 0.6 is 15.9 Å². The van der Waals surface area contributed by atoms with Crippen LogP contribution in [0.3, 0.4) is 0 Å². The zero-order valence-electron chi connectivity index (χ0n) is 22.0. The van der Waals surface area contributed by atoms with E-state index in [9.17, 15) is 9.59 Å². The lowest BCUT2D eigenvalue weighted by Crippen LogP contribution is -2.32. The Bertz CT molecular complexity index is 1320. The van der Waals surface area contributed by atoms with Gasteiger partial charge in [-0.25, -0.2) is 0 Å². The summed E-state index contributed by atoms with van der Waals surface area (Å²) < 4.78 is 18.5. The minimum atomic E-state index is -0.572. The fraction of sp³-hybridized carbons (Fsp3) is 0.448. The predicted octanol–water partition coefficient (Wildman–Crippen LogP) is 6.02. The molecule has 2 heterocycles. The number of benzene rings is 2. The van der Waals surface area contributed by atoms with Gasteiger partial charge in [0.05, 0.1) is 30.7 Å². The van der Waals surface area contributed by atoms with Crippen molar-refractivity contribution in [3.05, 3.63) is 68.0 Å². The Morgan fingerprint density at radius 1 is 1.03 bits per heavy atom. The molecule has 1 aliphatic heterocycles. The van der Waals surface area contributed by atoms with E-state index < -0.39 is 6.04 Å². The molecule has 0 fully saturated rings. The molecule has 0 bridgehead atoms. The number of hydrogen-bond acceptors (Lipinski definition) is 6. The van der Waals surface area contributed by atoms with Gasteiger partial charge in [-0.1, -0.05) is 48.2 Å². The molecule has 37 heavy (non-hydrogen) atoms. The number of fused-ring (bicyclic) bond motifs is 2. The molecule has 0 spiro atoms. The van der Waals surface area contributed by atoms with E-state index in [1.165, 1.54) is 12.8 Å². The summed E-state index contributed by atoms with van der Waals surface area (Å²) >= 11 is 3.45. The average molecular weight is 572 g/mol. The first-order valence-electron chi connectivity index (χ1n) is 12.9. The lowest BCUT2D eigenvalue weighted by molar-refractivity contribution is 0.0722. The van der Waals surface area contributed by atoms with Crippen molar-refractivity contribution in [1.82, 2.24) is 9.80 Å². The summed E-state index contributed by atoms with van der Waals surface area (Å²) in [6.45, 7) is 4.10. The Hall–Kier alpha value is -2.84. The van der Waals surface area contributed by atoms with E-state index in [1.54, 1.807) is 30.2 Å². The van der Waals surface area contributed by atoms with Crippen LogP contribution in [0.25, 0.3) is 11.0 Å². The number of methoxy groups -OCH3 is 1. The van der Waals surface area contributed by atoms with Gasteiger partial charge in [-0.2, -0.15) is 0 Å². The number of unbranched alkanes of at least 4 members (excludes halogenated alkanes) is 3. The van der Waals surface area contributed by atoms with Crippen molar-refractivity contribution in [2.24, 2.45) is 0 Å². The van der Waals surface area contributed by atoms with Gasteiger partial charge in [-0.05, 0) is 69.4 Å². The van der Waals surface area contributed by atoms with Crippen molar-refractivity contribution in [1.29, 1.82) is 0 Å². The van der Waals surface area contributed by atoms with Gasteiger partial charge in [-0.15, -0.1) is 0 Å². The van der Waals surface area contributed by atoms with Crippen molar-refractivity contribution in [3.8, 4) is 11.5 Å². The Morgan fingerprint density at radius 3 is 2.57 bits per heavy atom. The Morgan fingerprint density at radius 2 is 1.84 bits per heavy atom. The highest BCUT2D eigenvalue weighted by Gasteiger charge is 2.42. The molecule has 0 aliphatic carbocycles. The van der Waals surface area contributed by atoms with E-state index >= 15 is 0 Å². The molecule has 0 saturated heterocycles. The summed E-state index contributed by atoms with van der Waals surface area (Å²) in [5, 5.41) is 0.445. The van der Waals surface area contributed by atoms with Crippen molar-refractivity contribution in [3.63, 3.8) is 0 Å². The van der Waals surface area contributed by atoms with Crippen LogP contribution in [0.5, 0.6) is 11.5 Å². The summed E-state index contributed by atoms with van der Waals surface area (Å²) in [5.41, 5.74) is 1.37. The van der Waals surface area contributed by atoms with Crippen LogP contribution in [0.1, 0.15) is 66.8 Å². The number of hydrogen-bond donors (Lipinski definition) is 0. The zero-order valence-corrected chi connectivity index (χ0v) is 23.6. The van der Waals surface area contributed by atoms with E-state index in [1.807, 2.05) is 32.3 Å². The van der Waals surface area contributed by atoms with Crippen LogP contribution in [0.15, 0.2) is 50.1 Å². The second kappa shape index (κ2) is 12.1. The second-order valence-electron chi connectivity index (χ2n) is 9.69. The minimum absolute atomic E-state index is 0.116. The van der Waals surface area contributed by atoms with Crippen molar-refractivity contribution >= 4 is 32.8 Å². The van der Waals surface area contributed by atoms with Gasteiger partial charge in [0.25, 0.3) is 5.91 Å². The number of rotatable bonds is 12.